The Hall–Kier alpha value is -2.53. The zero-order valence-electron chi connectivity index (χ0n) is 19.8. The molecule has 184 valence electrons. The monoisotopic (exact) mass is 506 g/mol. The number of thiazole rings is 1. The lowest BCUT2D eigenvalue weighted by atomic mass is 10.0. The van der Waals surface area contributed by atoms with Gasteiger partial charge in [-0.05, 0) is 18.9 Å². The SMILES string of the molecule is CCC(=O)C/C=C/C1CC(=O)NCc2nc(cs2)C2=N[C@@](C)(CS2)C(=O)N[C@@H](C(C)C)C(=O)O1. The van der Waals surface area contributed by atoms with Gasteiger partial charge in [0.1, 0.15) is 39.2 Å². The maximum absolute atomic E-state index is 13.2. The van der Waals surface area contributed by atoms with Crippen LogP contribution in [0, 0.1) is 5.92 Å². The van der Waals surface area contributed by atoms with Crippen molar-refractivity contribution in [1.29, 1.82) is 0 Å². The van der Waals surface area contributed by atoms with Crippen LogP contribution in [-0.4, -0.2) is 57.0 Å². The summed E-state index contributed by atoms with van der Waals surface area (Å²) in [5, 5.41) is 8.83. The van der Waals surface area contributed by atoms with Gasteiger partial charge in [-0.25, -0.2) is 9.78 Å². The zero-order valence-corrected chi connectivity index (χ0v) is 21.4. The van der Waals surface area contributed by atoms with E-state index < -0.39 is 23.7 Å². The number of aliphatic imine (C=N–C) groups is 1. The van der Waals surface area contributed by atoms with Crippen LogP contribution in [0.4, 0.5) is 0 Å². The first-order valence-electron chi connectivity index (χ1n) is 11.2. The van der Waals surface area contributed by atoms with Crippen LogP contribution in [0.3, 0.4) is 0 Å². The molecule has 1 aromatic rings. The molecule has 1 aromatic heterocycles. The molecule has 3 atom stereocenters. The molecule has 0 aromatic carbocycles. The minimum absolute atomic E-state index is 0.0368. The van der Waals surface area contributed by atoms with Crippen LogP contribution in [0.15, 0.2) is 22.5 Å². The number of ketones is 1. The van der Waals surface area contributed by atoms with Crippen LogP contribution in [-0.2, 0) is 30.5 Å². The molecule has 3 heterocycles. The molecule has 0 radical (unpaired) electrons. The van der Waals surface area contributed by atoms with Crippen molar-refractivity contribution in [3.05, 3.63) is 28.2 Å². The average molecular weight is 507 g/mol. The van der Waals surface area contributed by atoms with Crippen LogP contribution < -0.4 is 10.6 Å². The molecule has 3 rings (SSSR count). The standard InChI is InChI=1S/C23H30N4O5S2/c1-5-14(28)7-6-8-15-9-17(29)24-10-18-25-16(11-33-18)20-27-23(4,12-34-20)22(31)26-19(13(2)3)21(30)32-15/h6,8,11,13,15,19H,5,7,9-10,12H2,1-4H3,(H,24,29)(H,26,31)/b8-6+/t15?,19-,23-/m0/s1. The molecule has 0 saturated heterocycles. The molecule has 11 heteroatoms. The van der Waals surface area contributed by atoms with Crippen molar-refractivity contribution in [3.8, 4) is 0 Å². The van der Waals surface area contributed by atoms with Gasteiger partial charge in [-0.1, -0.05) is 26.8 Å². The molecule has 34 heavy (non-hydrogen) atoms. The molecule has 9 nitrogen and oxygen atoms in total. The fourth-order valence-corrected chi connectivity index (χ4v) is 5.25. The van der Waals surface area contributed by atoms with Crippen molar-refractivity contribution in [2.24, 2.45) is 10.9 Å². The number of carbonyl (C=O) groups is 4. The summed E-state index contributed by atoms with van der Waals surface area (Å²) in [6.07, 6.45) is 2.76. The van der Waals surface area contributed by atoms with E-state index in [-0.39, 0.29) is 42.9 Å². The van der Waals surface area contributed by atoms with Gasteiger partial charge < -0.3 is 15.4 Å². The number of rotatable bonds is 5. The highest BCUT2D eigenvalue weighted by atomic mass is 32.2. The molecule has 0 saturated carbocycles. The number of aromatic nitrogens is 1. The van der Waals surface area contributed by atoms with Crippen molar-refractivity contribution in [2.75, 3.05) is 5.75 Å². The number of thioether (sulfide) groups is 1. The highest BCUT2D eigenvalue weighted by molar-refractivity contribution is 8.14. The van der Waals surface area contributed by atoms with E-state index in [1.165, 1.54) is 23.1 Å². The Kier molecular flexibility index (Phi) is 8.64. The molecular formula is C23H30N4O5S2. The lowest BCUT2D eigenvalue weighted by molar-refractivity contribution is -0.153. The van der Waals surface area contributed by atoms with Gasteiger partial charge in [0, 0.05) is 24.0 Å². The predicted octanol–water partition coefficient (Wildman–Crippen LogP) is 2.39. The number of nitrogens with zero attached hydrogens (tertiary/aromatic N) is 2. The van der Waals surface area contributed by atoms with E-state index in [1.807, 2.05) is 5.38 Å². The summed E-state index contributed by atoms with van der Waals surface area (Å²) in [7, 11) is 0. The Morgan fingerprint density at radius 3 is 2.82 bits per heavy atom. The molecule has 0 spiro atoms. The number of hydrogen-bond donors (Lipinski definition) is 2. The highest BCUT2D eigenvalue weighted by Crippen LogP contribution is 2.32. The van der Waals surface area contributed by atoms with E-state index >= 15 is 0 Å². The molecule has 0 fully saturated rings. The molecule has 0 aliphatic carbocycles. The number of esters is 1. The Labute approximate surface area is 207 Å². The van der Waals surface area contributed by atoms with Crippen LogP contribution in [0.5, 0.6) is 0 Å². The minimum Gasteiger partial charge on any atom is -0.456 e. The molecule has 2 aliphatic rings. The number of ether oxygens (including phenoxy) is 1. The molecule has 1 unspecified atom stereocenters. The van der Waals surface area contributed by atoms with Crippen LogP contribution in [0.1, 0.15) is 57.7 Å². The fraction of sp³-hybridized carbons (Fsp3) is 0.565. The number of amides is 2. The van der Waals surface area contributed by atoms with Gasteiger partial charge in [-0.2, -0.15) is 0 Å². The Morgan fingerprint density at radius 2 is 2.12 bits per heavy atom. The summed E-state index contributed by atoms with van der Waals surface area (Å²) >= 11 is 2.83. The van der Waals surface area contributed by atoms with Crippen molar-refractivity contribution >= 4 is 51.7 Å². The Balaban J connectivity index is 1.90. The van der Waals surface area contributed by atoms with Gasteiger partial charge in [-0.15, -0.1) is 23.1 Å². The van der Waals surface area contributed by atoms with Crippen molar-refractivity contribution in [2.45, 2.75) is 71.2 Å². The maximum atomic E-state index is 13.2. The summed E-state index contributed by atoms with van der Waals surface area (Å²) in [6, 6.07) is -0.913. The van der Waals surface area contributed by atoms with Crippen molar-refractivity contribution in [1.82, 2.24) is 15.6 Å². The molecular weight excluding hydrogens is 476 g/mol. The summed E-state index contributed by atoms with van der Waals surface area (Å²) < 4.78 is 5.63. The molecule has 2 N–H and O–H groups in total. The summed E-state index contributed by atoms with van der Waals surface area (Å²) in [5.74, 6) is -1.12. The lowest BCUT2D eigenvalue weighted by Gasteiger charge is -2.27. The van der Waals surface area contributed by atoms with E-state index in [4.69, 9.17) is 4.74 Å². The van der Waals surface area contributed by atoms with Gasteiger partial charge in [0.15, 0.2) is 0 Å². The summed E-state index contributed by atoms with van der Waals surface area (Å²) in [6.45, 7) is 7.34. The van der Waals surface area contributed by atoms with Gasteiger partial charge >= 0.3 is 5.97 Å². The number of allylic oxidation sites excluding steroid dienone is 1. The Morgan fingerprint density at radius 1 is 1.35 bits per heavy atom. The average Bonchev–Trinajstić information content (AvgIpc) is 3.42. The van der Waals surface area contributed by atoms with Gasteiger partial charge in [-0.3, -0.25) is 19.4 Å². The summed E-state index contributed by atoms with van der Waals surface area (Å²) in [4.78, 5) is 59.6. The fourth-order valence-electron chi connectivity index (χ4n) is 3.33. The largest absolute Gasteiger partial charge is 0.456 e. The highest BCUT2D eigenvalue weighted by Gasteiger charge is 2.41. The van der Waals surface area contributed by atoms with Crippen LogP contribution in [0.25, 0.3) is 0 Å². The number of Topliss-reactive ketones (excluding diaryl/α,β-unsaturated/α-hetero) is 1. The van der Waals surface area contributed by atoms with E-state index in [1.54, 1.807) is 39.8 Å². The second kappa shape index (κ2) is 11.3. The van der Waals surface area contributed by atoms with Crippen molar-refractivity contribution < 1.29 is 23.9 Å². The number of cyclic esters (lactones) is 1. The predicted molar refractivity (Wildman–Crippen MR) is 132 cm³/mol. The van der Waals surface area contributed by atoms with E-state index in [0.29, 0.717) is 27.9 Å². The topological polar surface area (TPSA) is 127 Å². The third-order valence-corrected chi connectivity index (χ3v) is 7.62. The molecule has 4 bridgehead atoms. The zero-order chi connectivity index (χ0) is 24.9. The lowest BCUT2D eigenvalue weighted by Crippen LogP contribution is -2.53. The van der Waals surface area contributed by atoms with Gasteiger partial charge in [0.2, 0.25) is 11.8 Å². The third kappa shape index (κ3) is 6.53. The number of hydrogen-bond acceptors (Lipinski definition) is 9. The minimum atomic E-state index is -1.04. The second-order valence-corrected chi connectivity index (χ2v) is 10.7. The quantitative estimate of drug-likeness (QED) is 0.464. The smallest absolute Gasteiger partial charge is 0.329 e. The van der Waals surface area contributed by atoms with Gasteiger partial charge in [0.25, 0.3) is 0 Å². The number of carbonyl (C=O) groups excluding carboxylic acids is 4. The maximum Gasteiger partial charge on any atom is 0.329 e. The first kappa shape index (κ1) is 26.1. The second-order valence-electron chi connectivity index (χ2n) is 8.78. The van der Waals surface area contributed by atoms with Crippen molar-refractivity contribution in [3.63, 3.8) is 0 Å². The van der Waals surface area contributed by atoms with E-state index in [9.17, 15) is 19.2 Å². The Bertz CT molecular complexity index is 1020. The van der Waals surface area contributed by atoms with Gasteiger partial charge in [0.05, 0.1) is 13.0 Å². The number of fused-ring (bicyclic) bond motifs is 4. The first-order valence-corrected chi connectivity index (χ1v) is 13.1. The molecule has 2 amide bonds. The van der Waals surface area contributed by atoms with Crippen LogP contribution in [0.2, 0.25) is 0 Å². The molecule has 2 aliphatic heterocycles. The summed E-state index contributed by atoms with van der Waals surface area (Å²) in [5.41, 5.74) is -0.369. The van der Waals surface area contributed by atoms with E-state index in [0.717, 1.165) is 0 Å². The third-order valence-electron chi connectivity index (χ3n) is 5.49. The van der Waals surface area contributed by atoms with E-state index in [2.05, 4.69) is 20.6 Å². The van der Waals surface area contributed by atoms with Crippen LogP contribution >= 0.6 is 23.1 Å². The normalized spacial score (nSPS) is 26.3. The first-order chi connectivity index (χ1) is 16.1. The number of nitrogens with one attached hydrogen (secondary N) is 2.